The molecule has 25 heavy (non-hydrogen) atoms. The van der Waals surface area contributed by atoms with Gasteiger partial charge in [-0.15, -0.1) is 0 Å². The van der Waals surface area contributed by atoms with E-state index in [0.29, 0.717) is 29.3 Å². The molecule has 0 radical (unpaired) electrons. The van der Waals surface area contributed by atoms with Crippen LogP contribution in [0.1, 0.15) is 53.6 Å². The van der Waals surface area contributed by atoms with E-state index in [9.17, 15) is 4.79 Å². The summed E-state index contributed by atoms with van der Waals surface area (Å²) in [6, 6.07) is 9.25. The average molecular weight is 337 g/mol. The van der Waals surface area contributed by atoms with Crippen LogP contribution in [-0.4, -0.2) is 28.0 Å². The van der Waals surface area contributed by atoms with Gasteiger partial charge in [0, 0.05) is 24.2 Å². The molecule has 4 rings (SSSR count). The van der Waals surface area contributed by atoms with Crippen molar-refractivity contribution in [2.45, 2.75) is 50.6 Å². The highest BCUT2D eigenvalue weighted by molar-refractivity contribution is 5.97. The Kier molecular flexibility index (Phi) is 4.03. The fourth-order valence-electron chi connectivity index (χ4n) is 3.51. The van der Waals surface area contributed by atoms with Crippen LogP contribution in [0.4, 0.5) is 11.8 Å². The molecule has 0 aliphatic heterocycles. The first-order valence-corrected chi connectivity index (χ1v) is 8.89. The van der Waals surface area contributed by atoms with Crippen LogP contribution < -0.4 is 16.4 Å². The molecule has 130 valence electrons. The van der Waals surface area contributed by atoms with Crippen LogP contribution in [0.25, 0.3) is 0 Å². The molecule has 1 heterocycles. The first-order valence-electron chi connectivity index (χ1n) is 8.89. The molecule has 0 saturated heterocycles. The molecule has 2 aromatic rings. The zero-order chi connectivity index (χ0) is 17.4. The topological polar surface area (TPSA) is 92.9 Å². The smallest absolute Gasteiger partial charge is 0.254 e. The Morgan fingerprint density at radius 2 is 2.00 bits per heavy atom. The first-order chi connectivity index (χ1) is 12.1. The summed E-state index contributed by atoms with van der Waals surface area (Å²) >= 11 is 0. The number of fused-ring (bicyclic) bond motifs is 1. The van der Waals surface area contributed by atoms with Crippen molar-refractivity contribution in [3.05, 3.63) is 47.2 Å². The number of nitrogens with one attached hydrogen (secondary N) is 2. The van der Waals surface area contributed by atoms with Crippen LogP contribution in [0.3, 0.4) is 0 Å². The number of carbonyl (C=O) groups excluding carboxylic acids is 1. The molecule has 6 heteroatoms. The molecule has 4 N–H and O–H groups in total. The summed E-state index contributed by atoms with van der Waals surface area (Å²) < 4.78 is 0. The number of amides is 1. The van der Waals surface area contributed by atoms with Crippen molar-refractivity contribution in [2.75, 3.05) is 10.6 Å². The minimum Gasteiger partial charge on any atom is -0.367 e. The van der Waals surface area contributed by atoms with Gasteiger partial charge in [-0.1, -0.05) is 31.2 Å². The van der Waals surface area contributed by atoms with Crippen molar-refractivity contribution in [1.82, 2.24) is 9.97 Å². The Labute approximate surface area is 147 Å². The third-order valence-corrected chi connectivity index (χ3v) is 5.16. The lowest BCUT2D eigenvalue weighted by Gasteiger charge is -2.32. The zero-order valence-corrected chi connectivity index (χ0v) is 14.3. The average Bonchev–Trinajstić information content (AvgIpc) is 3.42. The van der Waals surface area contributed by atoms with E-state index in [1.807, 2.05) is 0 Å². The molecule has 0 spiro atoms. The molecule has 1 fully saturated rings. The molecule has 6 nitrogen and oxygen atoms in total. The van der Waals surface area contributed by atoms with Crippen LogP contribution >= 0.6 is 0 Å². The molecule has 1 aromatic heterocycles. The lowest BCUT2D eigenvalue weighted by Crippen LogP contribution is -2.31. The molecule has 2 aliphatic carbocycles. The molecule has 1 amide bonds. The number of primary amides is 1. The van der Waals surface area contributed by atoms with Crippen LogP contribution in [0, 0.1) is 0 Å². The van der Waals surface area contributed by atoms with Gasteiger partial charge in [0.25, 0.3) is 5.91 Å². The van der Waals surface area contributed by atoms with E-state index in [1.54, 1.807) is 0 Å². The number of hydrogen-bond acceptors (Lipinski definition) is 5. The van der Waals surface area contributed by atoms with Gasteiger partial charge < -0.3 is 16.4 Å². The summed E-state index contributed by atoms with van der Waals surface area (Å²) in [4.78, 5) is 20.4. The van der Waals surface area contributed by atoms with Crippen molar-refractivity contribution in [2.24, 2.45) is 5.73 Å². The Bertz CT molecular complexity index is 802. The summed E-state index contributed by atoms with van der Waals surface area (Å²) in [7, 11) is 0. The zero-order valence-electron chi connectivity index (χ0n) is 14.3. The lowest BCUT2D eigenvalue weighted by atomic mass is 9.80. The highest BCUT2D eigenvalue weighted by atomic mass is 16.1. The Morgan fingerprint density at radius 1 is 1.20 bits per heavy atom. The van der Waals surface area contributed by atoms with Gasteiger partial charge in [-0.25, -0.2) is 4.98 Å². The van der Waals surface area contributed by atoms with Crippen LogP contribution in [0.2, 0.25) is 0 Å². The monoisotopic (exact) mass is 337 g/mol. The number of carbonyl (C=O) groups is 1. The number of anilines is 2. The number of benzene rings is 1. The van der Waals surface area contributed by atoms with Gasteiger partial charge in [0.1, 0.15) is 5.82 Å². The Morgan fingerprint density at radius 3 is 2.76 bits per heavy atom. The first kappa shape index (κ1) is 15.9. The molecule has 2 atom stereocenters. The van der Waals surface area contributed by atoms with Gasteiger partial charge in [0.05, 0.1) is 5.56 Å². The standard InChI is InChI=1S/C19H23N5O/c1-11-14-5-3-2-4-12(14)6-9-16(11)23-19-21-10-15(17(20)25)18(24-19)22-13-7-8-13/h2-5,10-11,13,16H,6-9H2,1H3,(H2,20,25)(H2,21,22,23,24)/t11-,16+/m0/s1. The number of aryl methyl sites for hydroxylation is 1. The molecule has 2 aliphatic rings. The minimum atomic E-state index is -0.505. The maximum Gasteiger partial charge on any atom is 0.254 e. The number of aromatic nitrogens is 2. The molecule has 0 unspecified atom stereocenters. The van der Waals surface area contributed by atoms with Crippen molar-refractivity contribution in [3.8, 4) is 0 Å². The van der Waals surface area contributed by atoms with Crippen LogP contribution in [-0.2, 0) is 6.42 Å². The van der Waals surface area contributed by atoms with E-state index in [4.69, 9.17) is 5.73 Å². The molecular formula is C19H23N5O. The van der Waals surface area contributed by atoms with E-state index in [2.05, 4.69) is 51.8 Å². The second-order valence-corrected chi connectivity index (χ2v) is 7.02. The van der Waals surface area contributed by atoms with E-state index < -0.39 is 5.91 Å². The number of nitrogens with zero attached hydrogens (tertiary/aromatic N) is 2. The van der Waals surface area contributed by atoms with Gasteiger partial charge in [-0.2, -0.15) is 4.98 Å². The molecule has 1 saturated carbocycles. The highest BCUT2D eigenvalue weighted by Gasteiger charge is 2.28. The summed E-state index contributed by atoms with van der Waals surface area (Å²) in [6.07, 6.45) is 5.79. The van der Waals surface area contributed by atoms with Gasteiger partial charge in [0.2, 0.25) is 5.95 Å². The van der Waals surface area contributed by atoms with Gasteiger partial charge in [0.15, 0.2) is 0 Å². The van der Waals surface area contributed by atoms with Crippen molar-refractivity contribution in [1.29, 1.82) is 0 Å². The second kappa shape index (κ2) is 6.35. The largest absolute Gasteiger partial charge is 0.367 e. The maximum atomic E-state index is 11.6. The summed E-state index contributed by atoms with van der Waals surface area (Å²) in [5.74, 6) is 0.958. The van der Waals surface area contributed by atoms with E-state index >= 15 is 0 Å². The van der Waals surface area contributed by atoms with Gasteiger partial charge in [-0.3, -0.25) is 4.79 Å². The summed E-state index contributed by atoms with van der Waals surface area (Å²) in [5.41, 5.74) is 8.60. The fraction of sp³-hybridized carbons (Fsp3) is 0.421. The van der Waals surface area contributed by atoms with E-state index in [0.717, 1.165) is 25.7 Å². The number of nitrogens with two attached hydrogens (primary N) is 1. The molecule has 0 bridgehead atoms. The van der Waals surface area contributed by atoms with Gasteiger partial charge in [-0.05, 0) is 36.8 Å². The quantitative estimate of drug-likeness (QED) is 0.780. The summed E-state index contributed by atoms with van der Waals surface area (Å²) in [6.45, 7) is 2.23. The van der Waals surface area contributed by atoms with Crippen molar-refractivity contribution >= 4 is 17.7 Å². The lowest BCUT2D eigenvalue weighted by molar-refractivity contribution is 0.100. The second-order valence-electron chi connectivity index (χ2n) is 7.02. The van der Waals surface area contributed by atoms with E-state index in [-0.39, 0.29) is 6.04 Å². The predicted molar refractivity (Wildman–Crippen MR) is 97.8 cm³/mol. The maximum absolute atomic E-state index is 11.6. The third kappa shape index (κ3) is 3.29. The van der Waals surface area contributed by atoms with Crippen LogP contribution in [0.15, 0.2) is 30.5 Å². The molecule has 1 aromatic carbocycles. The SMILES string of the molecule is C[C@H]1c2ccccc2CC[C@H]1Nc1ncc(C(N)=O)c(NC2CC2)n1. The Hall–Kier alpha value is -2.63. The highest BCUT2D eigenvalue weighted by Crippen LogP contribution is 2.33. The fourth-order valence-corrected chi connectivity index (χ4v) is 3.51. The number of rotatable bonds is 5. The molecular weight excluding hydrogens is 314 g/mol. The summed E-state index contributed by atoms with van der Waals surface area (Å²) in [5, 5.41) is 6.74. The Balaban J connectivity index is 1.55. The van der Waals surface area contributed by atoms with Crippen molar-refractivity contribution < 1.29 is 4.79 Å². The van der Waals surface area contributed by atoms with Crippen LogP contribution in [0.5, 0.6) is 0 Å². The third-order valence-electron chi connectivity index (χ3n) is 5.16. The van der Waals surface area contributed by atoms with E-state index in [1.165, 1.54) is 17.3 Å². The minimum absolute atomic E-state index is 0.267. The predicted octanol–water partition coefficient (Wildman–Crippen LogP) is 2.68. The normalized spacial score (nSPS) is 22.1. The van der Waals surface area contributed by atoms with Crippen molar-refractivity contribution in [3.63, 3.8) is 0 Å². The number of hydrogen-bond donors (Lipinski definition) is 3. The van der Waals surface area contributed by atoms with Gasteiger partial charge >= 0.3 is 0 Å².